The van der Waals surface area contributed by atoms with E-state index in [9.17, 15) is 9.90 Å². The minimum atomic E-state index is -0.509. The molecule has 0 aromatic heterocycles. The highest BCUT2D eigenvalue weighted by atomic mass is 16.3. The number of carbonyl (C=O) groups excluding carboxylic acids is 1. The summed E-state index contributed by atoms with van der Waals surface area (Å²) in [5, 5.41) is 9.66. The van der Waals surface area contributed by atoms with E-state index in [4.69, 9.17) is 0 Å². The molecule has 1 amide bonds. The fraction of sp³-hybridized carbons (Fsp3) is 0.522. The summed E-state index contributed by atoms with van der Waals surface area (Å²) in [6.07, 6.45) is 7.41. The molecule has 1 saturated heterocycles. The van der Waals surface area contributed by atoms with E-state index in [1.54, 1.807) is 6.92 Å². The first-order valence-electron chi connectivity index (χ1n) is 9.74. The van der Waals surface area contributed by atoms with Gasteiger partial charge in [0.25, 0.3) is 5.91 Å². The molecule has 1 aromatic carbocycles. The zero-order valence-electron chi connectivity index (χ0n) is 16.5. The summed E-state index contributed by atoms with van der Waals surface area (Å²) in [5.74, 6) is 0.576. The van der Waals surface area contributed by atoms with Gasteiger partial charge < -0.3 is 10.0 Å². The van der Waals surface area contributed by atoms with Gasteiger partial charge in [0.2, 0.25) is 0 Å². The lowest BCUT2D eigenvalue weighted by Crippen LogP contribution is -2.33. The van der Waals surface area contributed by atoms with E-state index in [0.717, 1.165) is 31.4 Å². The molecule has 1 aliphatic heterocycles. The van der Waals surface area contributed by atoms with Crippen LogP contribution in [0.25, 0.3) is 0 Å². The molecule has 3 nitrogen and oxygen atoms in total. The van der Waals surface area contributed by atoms with Crippen LogP contribution in [0.3, 0.4) is 0 Å². The molecule has 1 N–H and O–H groups in total. The van der Waals surface area contributed by atoms with Crippen molar-refractivity contribution in [2.45, 2.75) is 53.1 Å². The molecule has 0 saturated carbocycles. The lowest BCUT2D eigenvalue weighted by molar-refractivity contribution is 0.0764. The van der Waals surface area contributed by atoms with Crippen molar-refractivity contribution in [2.24, 2.45) is 11.3 Å². The highest BCUT2D eigenvalue weighted by Gasteiger charge is 2.34. The van der Waals surface area contributed by atoms with Crippen LogP contribution in [0.1, 0.15) is 69.0 Å². The predicted octanol–water partition coefficient (Wildman–Crippen LogP) is 4.89. The molecule has 3 heteroatoms. The number of rotatable bonds is 2. The van der Waals surface area contributed by atoms with Crippen molar-refractivity contribution in [3.05, 3.63) is 58.7 Å². The van der Waals surface area contributed by atoms with Crippen molar-refractivity contribution in [1.29, 1.82) is 0 Å². The molecule has 0 bridgehead atoms. The normalized spacial score (nSPS) is 22.0. The molecule has 1 unspecified atom stereocenters. The molecule has 0 spiro atoms. The van der Waals surface area contributed by atoms with Crippen LogP contribution in [-0.2, 0) is 0 Å². The average molecular weight is 354 g/mol. The molecular weight excluding hydrogens is 322 g/mol. The summed E-state index contributed by atoms with van der Waals surface area (Å²) in [5.41, 5.74) is 4.53. The summed E-state index contributed by atoms with van der Waals surface area (Å²) < 4.78 is 0. The number of hydrogen-bond donors (Lipinski definition) is 1. The van der Waals surface area contributed by atoms with Crippen LogP contribution >= 0.6 is 0 Å². The minimum Gasteiger partial charge on any atom is -0.389 e. The molecule has 140 valence electrons. The van der Waals surface area contributed by atoms with Gasteiger partial charge in [-0.15, -0.1) is 0 Å². The minimum absolute atomic E-state index is 0.0857. The lowest BCUT2D eigenvalue weighted by Gasteiger charge is -2.33. The van der Waals surface area contributed by atoms with E-state index in [2.05, 4.69) is 32.9 Å². The third-order valence-corrected chi connectivity index (χ3v) is 5.69. The average Bonchev–Trinajstić information content (AvgIpc) is 2.80. The maximum atomic E-state index is 13.1. The third-order valence-electron chi connectivity index (χ3n) is 5.69. The topological polar surface area (TPSA) is 40.5 Å². The van der Waals surface area contributed by atoms with Crippen molar-refractivity contribution in [1.82, 2.24) is 4.90 Å². The number of fused-ring (bicyclic) bond motifs is 1. The number of carbonyl (C=O) groups is 1. The van der Waals surface area contributed by atoms with Gasteiger partial charge in [0, 0.05) is 18.7 Å². The van der Waals surface area contributed by atoms with E-state index in [-0.39, 0.29) is 11.3 Å². The van der Waals surface area contributed by atoms with Crippen molar-refractivity contribution >= 4 is 5.91 Å². The summed E-state index contributed by atoms with van der Waals surface area (Å²) in [6, 6.07) is 7.36. The number of allylic oxidation sites excluding steroid dienone is 2. The highest BCUT2D eigenvalue weighted by Crippen LogP contribution is 2.41. The van der Waals surface area contributed by atoms with Crippen molar-refractivity contribution in [2.75, 3.05) is 13.1 Å². The van der Waals surface area contributed by atoms with Crippen molar-refractivity contribution in [3.8, 4) is 0 Å². The third kappa shape index (κ3) is 3.93. The quantitative estimate of drug-likeness (QED) is 0.822. The van der Waals surface area contributed by atoms with Crippen LogP contribution in [0.5, 0.6) is 0 Å². The Kier molecular flexibility index (Phi) is 5.38. The van der Waals surface area contributed by atoms with Crippen LogP contribution in [0, 0.1) is 11.3 Å². The van der Waals surface area contributed by atoms with Crippen molar-refractivity contribution < 1.29 is 9.90 Å². The van der Waals surface area contributed by atoms with Gasteiger partial charge in [-0.05, 0) is 66.4 Å². The number of aliphatic hydroxyl groups is 1. The van der Waals surface area contributed by atoms with Crippen LogP contribution in [-0.4, -0.2) is 29.0 Å². The lowest BCUT2D eigenvalue weighted by atomic mass is 9.71. The molecule has 2 atom stereocenters. The number of amides is 1. The Balaban J connectivity index is 1.84. The highest BCUT2D eigenvalue weighted by molar-refractivity contribution is 5.94. The Morgan fingerprint density at radius 1 is 1.15 bits per heavy atom. The number of benzene rings is 1. The Morgan fingerprint density at radius 3 is 2.42 bits per heavy atom. The molecule has 26 heavy (non-hydrogen) atoms. The summed E-state index contributed by atoms with van der Waals surface area (Å²) >= 11 is 0. The standard InChI is InChI=1S/C23H31NO2/c1-16(25)17-9-11-18(12-10-17)22(26)24-14-13-21(23(2,3)4)20-8-6-5-7-19(20)15-24/h7-12,16,21,25H,5-6,13-15H2,1-4H3/t16?,21-/m0/s1. The van der Waals surface area contributed by atoms with Gasteiger partial charge >= 0.3 is 0 Å². The Bertz CT molecular complexity index is 720. The first-order chi connectivity index (χ1) is 12.3. The van der Waals surface area contributed by atoms with Gasteiger partial charge in [0.05, 0.1) is 6.10 Å². The number of likely N-dealkylation sites (tertiary alicyclic amines) is 1. The molecule has 1 fully saturated rings. The van der Waals surface area contributed by atoms with E-state index < -0.39 is 6.10 Å². The fourth-order valence-corrected chi connectivity index (χ4v) is 4.15. The predicted molar refractivity (Wildman–Crippen MR) is 106 cm³/mol. The Labute approximate surface area is 157 Å². The van der Waals surface area contributed by atoms with E-state index >= 15 is 0 Å². The molecule has 3 rings (SSSR count). The summed E-state index contributed by atoms with van der Waals surface area (Å²) in [6.45, 7) is 10.1. The van der Waals surface area contributed by atoms with E-state index in [1.165, 1.54) is 11.1 Å². The maximum absolute atomic E-state index is 13.1. The maximum Gasteiger partial charge on any atom is 0.254 e. The van der Waals surface area contributed by atoms with Gasteiger partial charge in [-0.3, -0.25) is 4.79 Å². The zero-order chi connectivity index (χ0) is 18.9. The van der Waals surface area contributed by atoms with Crippen LogP contribution in [0.15, 0.2) is 47.6 Å². The summed E-state index contributed by atoms with van der Waals surface area (Å²) in [4.78, 5) is 15.1. The number of aliphatic hydroxyl groups excluding tert-OH is 1. The summed E-state index contributed by atoms with van der Waals surface area (Å²) in [7, 11) is 0. The van der Waals surface area contributed by atoms with Gasteiger partial charge in [0.15, 0.2) is 0 Å². The van der Waals surface area contributed by atoms with Gasteiger partial charge in [-0.25, -0.2) is 0 Å². The molecule has 1 aliphatic carbocycles. The van der Waals surface area contributed by atoms with Gasteiger partial charge in [-0.1, -0.05) is 45.1 Å². The second-order valence-corrected chi connectivity index (χ2v) is 8.70. The van der Waals surface area contributed by atoms with Crippen LogP contribution in [0.4, 0.5) is 0 Å². The van der Waals surface area contributed by atoms with Crippen LogP contribution < -0.4 is 0 Å². The smallest absolute Gasteiger partial charge is 0.254 e. The largest absolute Gasteiger partial charge is 0.389 e. The zero-order valence-corrected chi connectivity index (χ0v) is 16.5. The van der Waals surface area contributed by atoms with Crippen LogP contribution in [0.2, 0.25) is 0 Å². The Hall–Kier alpha value is -1.87. The number of hydrogen-bond acceptors (Lipinski definition) is 2. The molecule has 1 aromatic rings. The van der Waals surface area contributed by atoms with Gasteiger partial charge in [-0.2, -0.15) is 0 Å². The first-order valence-corrected chi connectivity index (χ1v) is 9.74. The second-order valence-electron chi connectivity index (χ2n) is 8.70. The van der Waals surface area contributed by atoms with E-state index in [0.29, 0.717) is 18.0 Å². The van der Waals surface area contributed by atoms with Gasteiger partial charge in [0.1, 0.15) is 0 Å². The molecule has 1 heterocycles. The Morgan fingerprint density at radius 2 is 1.81 bits per heavy atom. The molecule has 0 radical (unpaired) electrons. The fourth-order valence-electron chi connectivity index (χ4n) is 4.15. The van der Waals surface area contributed by atoms with Crippen molar-refractivity contribution in [3.63, 3.8) is 0 Å². The van der Waals surface area contributed by atoms with E-state index in [1.807, 2.05) is 29.2 Å². The monoisotopic (exact) mass is 353 g/mol. The molecular formula is C23H31NO2. The number of nitrogens with zero attached hydrogens (tertiary/aromatic N) is 1. The first kappa shape index (κ1) is 18.9. The second kappa shape index (κ2) is 7.40. The molecule has 2 aliphatic rings. The SMILES string of the molecule is CC(O)c1ccc(C(=O)N2CC[C@H](C(C)(C)C)C3=CCCC=C3C2)cc1.